The number of nitrogens with two attached hydrogens (primary N) is 1. The lowest BCUT2D eigenvalue weighted by molar-refractivity contribution is 1.05. The first-order valence-corrected chi connectivity index (χ1v) is 4.08. The predicted octanol–water partition coefficient (Wildman–Crippen LogP) is 0.409. The summed E-state index contributed by atoms with van der Waals surface area (Å²) in [6, 6.07) is 3.58. The van der Waals surface area contributed by atoms with E-state index in [1.807, 2.05) is 6.07 Å². The van der Waals surface area contributed by atoms with Gasteiger partial charge in [0.15, 0.2) is 5.82 Å². The molecule has 5 nitrogen and oxygen atoms in total. The van der Waals surface area contributed by atoms with Crippen molar-refractivity contribution in [2.45, 2.75) is 0 Å². The minimum Gasteiger partial charge on any atom is -0.391 e. The van der Waals surface area contributed by atoms with Crippen molar-refractivity contribution in [2.75, 3.05) is 5.73 Å². The molecule has 0 saturated heterocycles. The quantitative estimate of drug-likeness (QED) is 0.596. The Balaban J connectivity index is 2.50. The highest BCUT2D eigenvalue weighted by Gasteiger charge is 2.03. The highest BCUT2D eigenvalue weighted by Crippen LogP contribution is 2.25. The number of hydrogen-bond donors (Lipinski definition) is 3. The third kappa shape index (κ3) is 1.12. The molecule has 0 amide bonds. The molecule has 62 valence electrons. The first kappa shape index (κ1) is 7.11. The molecule has 0 unspecified atom stereocenters. The number of H-pyrrole nitrogens is 2. The van der Waals surface area contributed by atoms with Crippen molar-refractivity contribution < 1.29 is 0 Å². The number of anilines is 1. The summed E-state index contributed by atoms with van der Waals surface area (Å²) in [5, 5.41) is 6.74. The van der Waals surface area contributed by atoms with Gasteiger partial charge in [0, 0.05) is 0 Å². The van der Waals surface area contributed by atoms with Gasteiger partial charge in [-0.05, 0) is 12.1 Å². The van der Waals surface area contributed by atoms with E-state index in [-0.39, 0.29) is 5.69 Å². The zero-order chi connectivity index (χ0) is 8.55. The second kappa shape index (κ2) is 2.49. The van der Waals surface area contributed by atoms with Crippen LogP contribution in [0.1, 0.15) is 0 Å². The maximum atomic E-state index is 10.7. The van der Waals surface area contributed by atoms with Crippen LogP contribution in [-0.4, -0.2) is 15.2 Å². The van der Waals surface area contributed by atoms with Crippen molar-refractivity contribution >= 4 is 16.3 Å². The first-order valence-electron chi connectivity index (χ1n) is 3.26. The van der Waals surface area contributed by atoms with Crippen molar-refractivity contribution in [3.63, 3.8) is 0 Å². The molecule has 0 aromatic carbocycles. The molecule has 0 bridgehead atoms. The third-order valence-electron chi connectivity index (χ3n) is 1.36. The Labute approximate surface area is 71.2 Å². The number of nitrogens with zero attached hydrogens (tertiary/aromatic N) is 1. The van der Waals surface area contributed by atoms with E-state index >= 15 is 0 Å². The Morgan fingerprint density at radius 1 is 1.50 bits per heavy atom. The number of hydrogen-bond acceptors (Lipinski definition) is 4. The highest BCUT2D eigenvalue weighted by atomic mass is 32.1. The van der Waals surface area contributed by atoms with Gasteiger partial charge in [0.25, 0.3) is 0 Å². The van der Waals surface area contributed by atoms with Gasteiger partial charge in [0.05, 0.1) is 9.88 Å². The van der Waals surface area contributed by atoms with Crippen LogP contribution in [0.15, 0.2) is 16.9 Å². The van der Waals surface area contributed by atoms with E-state index in [1.165, 1.54) is 11.3 Å². The molecule has 0 radical (unpaired) electrons. The Morgan fingerprint density at radius 3 is 2.83 bits per heavy atom. The number of rotatable bonds is 1. The number of aromatic nitrogens is 3. The molecular formula is C6H6N4OS. The van der Waals surface area contributed by atoms with Gasteiger partial charge in [-0.1, -0.05) is 0 Å². The van der Waals surface area contributed by atoms with E-state index < -0.39 is 0 Å². The predicted molar refractivity (Wildman–Crippen MR) is 46.9 cm³/mol. The van der Waals surface area contributed by atoms with Gasteiger partial charge >= 0.3 is 5.69 Å². The normalized spacial score (nSPS) is 10.3. The van der Waals surface area contributed by atoms with Crippen molar-refractivity contribution in [2.24, 2.45) is 0 Å². The van der Waals surface area contributed by atoms with Crippen LogP contribution in [0.4, 0.5) is 5.00 Å². The topological polar surface area (TPSA) is 87.6 Å². The molecule has 2 rings (SSSR count). The van der Waals surface area contributed by atoms with E-state index in [2.05, 4.69) is 15.2 Å². The average Bonchev–Trinajstić information content (AvgIpc) is 2.58. The van der Waals surface area contributed by atoms with E-state index in [0.717, 1.165) is 4.88 Å². The van der Waals surface area contributed by atoms with Gasteiger partial charge < -0.3 is 5.73 Å². The molecule has 0 atom stereocenters. The summed E-state index contributed by atoms with van der Waals surface area (Å²) in [5.41, 5.74) is 5.20. The summed E-state index contributed by atoms with van der Waals surface area (Å²) in [6.45, 7) is 0. The van der Waals surface area contributed by atoms with Gasteiger partial charge in [0.2, 0.25) is 0 Å². The zero-order valence-electron chi connectivity index (χ0n) is 6.00. The molecule has 2 aromatic heterocycles. The lowest BCUT2D eigenvalue weighted by atomic mass is 10.4. The maximum Gasteiger partial charge on any atom is 0.340 e. The lowest BCUT2D eigenvalue weighted by Crippen LogP contribution is -2.00. The van der Waals surface area contributed by atoms with E-state index in [9.17, 15) is 4.79 Å². The second-order valence-electron chi connectivity index (χ2n) is 2.23. The summed E-state index contributed by atoms with van der Waals surface area (Å²) in [5.74, 6) is 0.529. The van der Waals surface area contributed by atoms with Gasteiger partial charge in [-0.15, -0.1) is 11.3 Å². The van der Waals surface area contributed by atoms with Crippen molar-refractivity contribution in [3.05, 3.63) is 22.6 Å². The lowest BCUT2D eigenvalue weighted by Gasteiger charge is -1.84. The number of nitrogens with one attached hydrogen (secondary N) is 2. The molecule has 0 aliphatic carbocycles. The summed E-state index contributed by atoms with van der Waals surface area (Å²) in [4.78, 5) is 14.1. The molecule has 0 aliphatic heterocycles. The number of aromatic amines is 2. The first-order chi connectivity index (χ1) is 5.75. The van der Waals surface area contributed by atoms with Crippen LogP contribution in [0.3, 0.4) is 0 Å². The van der Waals surface area contributed by atoms with E-state index in [4.69, 9.17) is 5.73 Å². The fraction of sp³-hybridized carbons (Fsp3) is 0. The van der Waals surface area contributed by atoms with Crippen LogP contribution in [0.5, 0.6) is 0 Å². The van der Waals surface area contributed by atoms with Crippen molar-refractivity contribution in [1.29, 1.82) is 0 Å². The number of nitrogen functional groups attached to an aromatic ring is 1. The Kier molecular flexibility index (Phi) is 1.47. The molecule has 0 saturated carbocycles. The van der Waals surface area contributed by atoms with Crippen LogP contribution in [-0.2, 0) is 0 Å². The van der Waals surface area contributed by atoms with Gasteiger partial charge in [-0.25, -0.2) is 9.89 Å². The number of thiophene rings is 1. The molecule has 0 fully saturated rings. The monoisotopic (exact) mass is 182 g/mol. The van der Waals surface area contributed by atoms with Crippen molar-refractivity contribution in [1.82, 2.24) is 15.2 Å². The van der Waals surface area contributed by atoms with Crippen LogP contribution in [0.25, 0.3) is 10.7 Å². The molecule has 2 heterocycles. The Morgan fingerprint density at radius 2 is 2.33 bits per heavy atom. The van der Waals surface area contributed by atoms with Crippen LogP contribution in [0.2, 0.25) is 0 Å². The summed E-state index contributed by atoms with van der Waals surface area (Å²) in [6.07, 6.45) is 0. The van der Waals surface area contributed by atoms with Crippen molar-refractivity contribution in [3.8, 4) is 10.7 Å². The molecule has 12 heavy (non-hydrogen) atoms. The second-order valence-corrected chi connectivity index (χ2v) is 3.34. The van der Waals surface area contributed by atoms with Crippen LogP contribution >= 0.6 is 11.3 Å². The van der Waals surface area contributed by atoms with E-state index in [1.54, 1.807) is 6.07 Å². The van der Waals surface area contributed by atoms with Crippen LogP contribution in [0, 0.1) is 0 Å². The standard InChI is InChI=1S/C6H6N4OS/c7-4-2-1-3(12-4)5-8-6(11)10-9-5/h1-2H,7H2,(H2,8,9,10,11). The van der Waals surface area contributed by atoms with Crippen LogP contribution < -0.4 is 11.4 Å². The summed E-state index contributed by atoms with van der Waals surface area (Å²) in [7, 11) is 0. The maximum absolute atomic E-state index is 10.7. The third-order valence-corrected chi connectivity index (χ3v) is 2.28. The Hall–Kier alpha value is -1.56. The van der Waals surface area contributed by atoms with Gasteiger partial charge in [-0.2, -0.15) is 5.10 Å². The largest absolute Gasteiger partial charge is 0.391 e. The molecular weight excluding hydrogens is 176 g/mol. The molecule has 4 N–H and O–H groups in total. The fourth-order valence-corrected chi connectivity index (χ4v) is 1.59. The SMILES string of the molecule is Nc1ccc(-c2n[nH]c(=O)[nH]2)s1. The van der Waals surface area contributed by atoms with Gasteiger partial charge in [0.1, 0.15) is 0 Å². The summed E-state index contributed by atoms with van der Waals surface area (Å²) < 4.78 is 0. The molecule has 2 aromatic rings. The zero-order valence-corrected chi connectivity index (χ0v) is 6.81. The highest BCUT2D eigenvalue weighted by molar-refractivity contribution is 7.19. The minimum absolute atomic E-state index is 0.308. The molecule has 6 heteroatoms. The smallest absolute Gasteiger partial charge is 0.340 e. The minimum atomic E-state index is -0.308. The average molecular weight is 182 g/mol. The van der Waals surface area contributed by atoms with Gasteiger partial charge in [-0.3, -0.25) is 4.98 Å². The van der Waals surface area contributed by atoms with E-state index in [0.29, 0.717) is 10.8 Å². The molecule has 0 aliphatic rings. The summed E-state index contributed by atoms with van der Waals surface area (Å²) >= 11 is 1.38. The fourth-order valence-electron chi connectivity index (χ4n) is 0.867. The molecule has 0 spiro atoms. The Bertz CT molecular complexity index is 440.